The molecule has 1 aromatic carbocycles. The number of nitrogens with zero attached hydrogens (tertiary/aromatic N) is 2. The lowest BCUT2D eigenvalue weighted by molar-refractivity contribution is -0.136. The summed E-state index contributed by atoms with van der Waals surface area (Å²) in [7, 11) is 1.64. The molecule has 1 aromatic rings. The van der Waals surface area contributed by atoms with Crippen molar-refractivity contribution in [3.8, 4) is 0 Å². The van der Waals surface area contributed by atoms with Gasteiger partial charge in [0.25, 0.3) is 0 Å². The lowest BCUT2D eigenvalue weighted by atomic mass is 10.2. The van der Waals surface area contributed by atoms with Gasteiger partial charge in [0.1, 0.15) is 0 Å². The Morgan fingerprint density at radius 3 is 2.71 bits per heavy atom. The molecule has 2 amide bonds. The Kier molecular flexibility index (Phi) is 4.98. The van der Waals surface area contributed by atoms with Crippen LogP contribution in [-0.2, 0) is 9.59 Å². The summed E-state index contributed by atoms with van der Waals surface area (Å²) in [6.07, 6.45) is 5.28. The SMILES string of the molecule is CN(CC(=O)N1CCCC1)C(=O)/C=C/c1cccc(N)c1. The molecule has 0 atom stereocenters. The van der Waals surface area contributed by atoms with E-state index in [1.807, 2.05) is 17.0 Å². The third-order valence-corrected chi connectivity index (χ3v) is 3.54. The Labute approximate surface area is 125 Å². The molecule has 0 spiro atoms. The number of anilines is 1. The number of hydrogen-bond donors (Lipinski definition) is 1. The average Bonchev–Trinajstić information content (AvgIpc) is 2.99. The molecule has 0 aliphatic carbocycles. The van der Waals surface area contributed by atoms with E-state index in [2.05, 4.69) is 0 Å². The molecule has 1 fully saturated rings. The van der Waals surface area contributed by atoms with Crippen LogP contribution in [0.25, 0.3) is 6.08 Å². The number of amides is 2. The highest BCUT2D eigenvalue weighted by Gasteiger charge is 2.20. The molecular weight excluding hydrogens is 266 g/mol. The lowest BCUT2D eigenvalue weighted by Crippen LogP contribution is -2.39. The first-order chi connectivity index (χ1) is 10.1. The molecule has 1 saturated heterocycles. The van der Waals surface area contributed by atoms with E-state index < -0.39 is 0 Å². The van der Waals surface area contributed by atoms with Crippen molar-refractivity contribution < 1.29 is 9.59 Å². The summed E-state index contributed by atoms with van der Waals surface area (Å²) < 4.78 is 0. The van der Waals surface area contributed by atoms with Gasteiger partial charge in [-0.1, -0.05) is 12.1 Å². The number of likely N-dealkylation sites (N-methyl/N-ethyl adjacent to an activating group) is 1. The number of likely N-dealkylation sites (tertiary alicyclic amines) is 1. The summed E-state index contributed by atoms with van der Waals surface area (Å²) in [5.74, 6) is -0.175. The maximum absolute atomic E-state index is 12.0. The first kappa shape index (κ1) is 15.1. The largest absolute Gasteiger partial charge is 0.399 e. The van der Waals surface area contributed by atoms with Gasteiger partial charge >= 0.3 is 0 Å². The molecule has 0 aromatic heterocycles. The number of nitrogen functional groups attached to an aromatic ring is 1. The quantitative estimate of drug-likeness (QED) is 0.671. The van der Waals surface area contributed by atoms with E-state index in [4.69, 9.17) is 5.73 Å². The van der Waals surface area contributed by atoms with Gasteiger partial charge in [-0.05, 0) is 36.6 Å². The zero-order chi connectivity index (χ0) is 15.2. The Balaban J connectivity index is 1.88. The molecule has 112 valence electrons. The van der Waals surface area contributed by atoms with Crippen molar-refractivity contribution in [3.05, 3.63) is 35.9 Å². The topological polar surface area (TPSA) is 66.6 Å². The van der Waals surface area contributed by atoms with Gasteiger partial charge in [-0.3, -0.25) is 9.59 Å². The van der Waals surface area contributed by atoms with Crippen LogP contribution in [-0.4, -0.2) is 48.3 Å². The Bertz CT molecular complexity index is 548. The highest BCUT2D eigenvalue weighted by atomic mass is 16.2. The van der Waals surface area contributed by atoms with Gasteiger partial charge in [0, 0.05) is 31.9 Å². The fourth-order valence-corrected chi connectivity index (χ4v) is 2.30. The van der Waals surface area contributed by atoms with Gasteiger partial charge in [0.2, 0.25) is 11.8 Å². The van der Waals surface area contributed by atoms with Gasteiger partial charge < -0.3 is 15.5 Å². The third kappa shape index (κ3) is 4.34. The second-order valence-electron chi connectivity index (χ2n) is 5.29. The van der Waals surface area contributed by atoms with E-state index in [1.165, 1.54) is 11.0 Å². The lowest BCUT2D eigenvalue weighted by Gasteiger charge is -2.20. The van der Waals surface area contributed by atoms with Crippen molar-refractivity contribution in [2.24, 2.45) is 0 Å². The molecule has 0 saturated carbocycles. The van der Waals surface area contributed by atoms with Crippen molar-refractivity contribution in [2.75, 3.05) is 32.4 Å². The molecule has 0 unspecified atom stereocenters. The predicted molar refractivity (Wildman–Crippen MR) is 83.3 cm³/mol. The summed E-state index contributed by atoms with van der Waals surface area (Å²) in [5.41, 5.74) is 7.20. The van der Waals surface area contributed by atoms with E-state index in [0.29, 0.717) is 5.69 Å². The fourth-order valence-electron chi connectivity index (χ4n) is 2.30. The van der Waals surface area contributed by atoms with E-state index in [9.17, 15) is 9.59 Å². The van der Waals surface area contributed by atoms with Gasteiger partial charge in [-0.2, -0.15) is 0 Å². The molecule has 2 N–H and O–H groups in total. The number of nitrogens with two attached hydrogens (primary N) is 1. The van der Waals surface area contributed by atoms with Crippen LogP contribution in [0.3, 0.4) is 0 Å². The van der Waals surface area contributed by atoms with Crippen LogP contribution >= 0.6 is 0 Å². The molecule has 21 heavy (non-hydrogen) atoms. The van der Waals surface area contributed by atoms with E-state index in [1.54, 1.807) is 25.3 Å². The summed E-state index contributed by atoms with van der Waals surface area (Å²) in [5, 5.41) is 0. The minimum atomic E-state index is -0.190. The number of benzene rings is 1. The first-order valence-electron chi connectivity index (χ1n) is 7.13. The Morgan fingerprint density at radius 1 is 1.33 bits per heavy atom. The van der Waals surface area contributed by atoms with Crippen LogP contribution in [0.5, 0.6) is 0 Å². The molecule has 1 heterocycles. The minimum absolute atomic E-state index is 0.0145. The molecule has 5 nitrogen and oxygen atoms in total. The van der Waals surface area contributed by atoms with Gasteiger partial charge in [-0.25, -0.2) is 0 Å². The highest BCUT2D eigenvalue weighted by molar-refractivity contribution is 5.94. The van der Waals surface area contributed by atoms with Crippen molar-refractivity contribution in [2.45, 2.75) is 12.8 Å². The summed E-state index contributed by atoms with van der Waals surface area (Å²) >= 11 is 0. The van der Waals surface area contributed by atoms with Gasteiger partial charge in [0.15, 0.2) is 0 Å². The molecule has 5 heteroatoms. The molecular formula is C16H21N3O2. The zero-order valence-corrected chi connectivity index (χ0v) is 12.3. The monoisotopic (exact) mass is 287 g/mol. The summed E-state index contributed by atoms with van der Waals surface area (Å²) in [6, 6.07) is 7.29. The van der Waals surface area contributed by atoms with E-state index >= 15 is 0 Å². The Morgan fingerprint density at radius 2 is 2.05 bits per heavy atom. The number of carbonyl (C=O) groups is 2. The second kappa shape index (κ2) is 6.92. The van der Waals surface area contributed by atoms with Crippen LogP contribution in [0.1, 0.15) is 18.4 Å². The normalized spacial score (nSPS) is 14.6. The first-order valence-corrected chi connectivity index (χ1v) is 7.13. The third-order valence-electron chi connectivity index (χ3n) is 3.54. The predicted octanol–water partition coefficient (Wildman–Crippen LogP) is 1.36. The molecule has 1 aliphatic heterocycles. The van der Waals surface area contributed by atoms with Crippen LogP contribution in [0.2, 0.25) is 0 Å². The van der Waals surface area contributed by atoms with Crippen LogP contribution in [0.15, 0.2) is 30.3 Å². The second-order valence-corrected chi connectivity index (χ2v) is 5.29. The summed E-state index contributed by atoms with van der Waals surface area (Å²) in [4.78, 5) is 27.2. The number of hydrogen-bond acceptors (Lipinski definition) is 3. The summed E-state index contributed by atoms with van der Waals surface area (Å²) in [6.45, 7) is 1.74. The zero-order valence-electron chi connectivity index (χ0n) is 12.3. The smallest absolute Gasteiger partial charge is 0.246 e. The van der Waals surface area contributed by atoms with Crippen molar-refractivity contribution in [1.82, 2.24) is 9.80 Å². The van der Waals surface area contributed by atoms with E-state index in [-0.39, 0.29) is 18.4 Å². The maximum atomic E-state index is 12.0. The minimum Gasteiger partial charge on any atom is -0.399 e. The molecule has 1 aliphatic rings. The molecule has 2 rings (SSSR count). The van der Waals surface area contributed by atoms with Crippen molar-refractivity contribution in [3.63, 3.8) is 0 Å². The van der Waals surface area contributed by atoms with Crippen LogP contribution < -0.4 is 5.73 Å². The standard InChI is InChI=1S/C16H21N3O2/c1-18(12-16(21)19-9-2-3-10-19)15(20)8-7-13-5-4-6-14(17)11-13/h4-8,11H,2-3,9-10,12,17H2,1H3/b8-7+. The van der Waals surface area contributed by atoms with E-state index in [0.717, 1.165) is 31.5 Å². The van der Waals surface area contributed by atoms with Crippen molar-refractivity contribution in [1.29, 1.82) is 0 Å². The van der Waals surface area contributed by atoms with Crippen molar-refractivity contribution >= 4 is 23.6 Å². The highest BCUT2D eigenvalue weighted by Crippen LogP contribution is 2.09. The van der Waals surface area contributed by atoms with Crippen LogP contribution in [0.4, 0.5) is 5.69 Å². The number of rotatable bonds is 4. The maximum Gasteiger partial charge on any atom is 0.246 e. The van der Waals surface area contributed by atoms with Gasteiger partial charge in [0.05, 0.1) is 6.54 Å². The number of carbonyl (C=O) groups excluding carboxylic acids is 2. The molecule has 0 radical (unpaired) electrons. The van der Waals surface area contributed by atoms with Gasteiger partial charge in [-0.15, -0.1) is 0 Å². The fraction of sp³-hybridized carbons (Fsp3) is 0.375. The van der Waals surface area contributed by atoms with Crippen LogP contribution in [0, 0.1) is 0 Å². The Hall–Kier alpha value is -2.30. The molecule has 0 bridgehead atoms. The average molecular weight is 287 g/mol.